The lowest BCUT2D eigenvalue weighted by atomic mass is 10.2. The van der Waals surface area contributed by atoms with Crippen LogP contribution in [0.3, 0.4) is 0 Å². The molecular formula is C5H7NO3. The van der Waals surface area contributed by atoms with Crippen LogP contribution in [0.15, 0.2) is 0 Å². The van der Waals surface area contributed by atoms with Crippen LogP contribution in [0, 0.1) is 11.3 Å². The number of hydrogen-bond donors (Lipinski definition) is 2. The van der Waals surface area contributed by atoms with Crippen molar-refractivity contribution in [2.75, 3.05) is 0 Å². The monoisotopic (exact) mass is 129 g/mol. The number of aliphatic hydroxyl groups is 1. The molecule has 4 heteroatoms. The lowest BCUT2D eigenvalue weighted by Gasteiger charge is -1.98. The van der Waals surface area contributed by atoms with Crippen LogP contribution in [0.5, 0.6) is 0 Å². The minimum absolute atomic E-state index is 0.119. The molecule has 9 heavy (non-hydrogen) atoms. The van der Waals surface area contributed by atoms with Gasteiger partial charge >= 0.3 is 5.97 Å². The van der Waals surface area contributed by atoms with E-state index in [4.69, 9.17) is 15.5 Å². The van der Waals surface area contributed by atoms with E-state index in [0.29, 0.717) is 0 Å². The van der Waals surface area contributed by atoms with Gasteiger partial charge in [-0.05, 0) is 0 Å². The Morgan fingerprint density at radius 2 is 2.33 bits per heavy atom. The summed E-state index contributed by atoms with van der Waals surface area (Å²) in [7, 11) is 0. The first-order chi connectivity index (χ1) is 4.16. The third-order valence-electron chi connectivity index (χ3n) is 0.737. The van der Waals surface area contributed by atoms with Crippen molar-refractivity contribution in [2.24, 2.45) is 0 Å². The number of carbonyl (C=O) groups is 1. The molecule has 0 fully saturated rings. The van der Waals surface area contributed by atoms with Crippen LogP contribution in [0.2, 0.25) is 0 Å². The molecule has 50 valence electrons. The Hall–Kier alpha value is -1.08. The van der Waals surface area contributed by atoms with Crippen LogP contribution in [0.1, 0.15) is 12.8 Å². The number of carboxylic acids is 1. The number of carboxylic acid groups (broad SMARTS) is 1. The summed E-state index contributed by atoms with van der Waals surface area (Å²) in [4.78, 5) is 9.82. The van der Waals surface area contributed by atoms with Crippen LogP contribution in [-0.4, -0.2) is 22.3 Å². The van der Waals surface area contributed by atoms with E-state index in [9.17, 15) is 4.79 Å². The molecule has 4 nitrogen and oxygen atoms in total. The minimum atomic E-state index is -1.09. The van der Waals surface area contributed by atoms with Crippen molar-refractivity contribution in [1.29, 1.82) is 5.26 Å². The molecule has 0 aliphatic carbocycles. The van der Waals surface area contributed by atoms with Crippen molar-refractivity contribution in [3.8, 4) is 6.07 Å². The number of rotatable bonds is 3. The molecule has 0 spiro atoms. The molecule has 0 heterocycles. The fourth-order valence-corrected chi connectivity index (χ4v) is 0.379. The van der Waals surface area contributed by atoms with Gasteiger partial charge in [-0.25, -0.2) is 0 Å². The molecule has 0 rings (SSSR count). The van der Waals surface area contributed by atoms with Crippen LogP contribution in [0.4, 0.5) is 0 Å². The molecule has 0 amide bonds. The van der Waals surface area contributed by atoms with Gasteiger partial charge in [-0.15, -0.1) is 0 Å². The quantitative estimate of drug-likeness (QED) is 0.549. The Kier molecular flexibility index (Phi) is 3.40. The molecule has 0 aromatic heterocycles. The van der Waals surface area contributed by atoms with E-state index < -0.39 is 12.1 Å². The maximum atomic E-state index is 9.82. The molecular weight excluding hydrogens is 122 g/mol. The predicted molar refractivity (Wildman–Crippen MR) is 28.5 cm³/mol. The average molecular weight is 129 g/mol. The molecule has 0 aromatic rings. The van der Waals surface area contributed by atoms with E-state index in [2.05, 4.69) is 0 Å². The summed E-state index contributed by atoms with van der Waals surface area (Å²) in [6.07, 6.45) is -1.49. The lowest BCUT2D eigenvalue weighted by molar-refractivity contribution is -0.139. The van der Waals surface area contributed by atoms with Crippen molar-refractivity contribution in [3.05, 3.63) is 0 Å². The number of hydrogen-bond acceptors (Lipinski definition) is 3. The number of nitrogens with zero attached hydrogens (tertiary/aromatic N) is 1. The third kappa shape index (κ3) is 4.78. The highest BCUT2D eigenvalue weighted by Crippen LogP contribution is 1.94. The van der Waals surface area contributed by atoms with Gasteiger partial charge in [-0.1, -0.05) is 0 Å². The zero-order valence-electron chi connectivity index (χ0n) is 4.74. The Morgan fingerprint density at radius 1 is 1.78 bits per heavy atom. The number of aliphatic hydroxyl groups excluding tert-OH is 1. The Morgan fingerprint density at radius 3 is 2.67 bits per heavy atom. The summed E-state index contributed by atoms with van der Waals surface area (Å²) < 4.78 is 0. The van der Waals surface area contributed by atoms with Gasteiger partial charge in [0.05, 0.1) is 25.0 Å². The van der Waals surface area contributed by atoms with E-state index in [-0.39, 0.29) is 12.8 Å². The fraction of sp³-hybridized carbons (Fsp3) is 0.600. The summed E-state index contributed by atoms with van der Waals surface area (Å²) in [5, 5.41) is 24.6. The van der Waals surface area contributed by atoms with Crippen LogP contribution >= 0.6 is 0 Å². The second-order valence-corrected chi connectivity index (χ2v) is 1.61. The van der Waals surface area contributed by atoms with Gasteiger partial charge in [0.1, 0.15) is 0 Å². The Labute approximate surface area is 52.3 Å². The van der Waals surface area contributed by atoms with Crippen LogP contribution in [-0.2, 0) is 4.79 Å². The van der Waals surface area contributed by atoms with Gasteiger partial charge in [0.2, 0.25) is 0 Å². The summed E-state index contributed by atoms with van der Waals surface area (Å²) >= 11 is 0. The SMILES string of the molecule is N#CC[C@@H](O)CC(=O)O. The summed E-state index contributed by atoms with van der Waals surface area (Å²) in [5.41, 5.74) is 0. The first kappa shape index (κ1) is 7.92. The zero-order chi connectivity index (χ0) is 7.28. The second kappa shape index (κ2) is 3.87. The molecule has 2 N–H and O–H groups in total. The van der Waals surface area contributed by atoms with E-state index >= 15 is 0 Å². The van der Waals surface area contributed by atoms with Gasteiger partial charge in [0, 0.05) is 0 Å². The normalized spacial score (nSPS) is 12.0. The standard InChI is InChI=1S/C5H7NO3/c6-2-1-4(7)3-5(8)9/h4,7H,1,3H2,(H,8,9)/t4-/m1/s1. The van der Waals surface area contributed by atoms with Gasteiger partial charge in [0.15, 0.2) is 0 Å². The topological polar surface area (TPSA) is 81.3 Å². The van der Waals surface area contributed by atoms with Crippen LogP contribution < -0.4 is 0 Å². The third-order valence-corrected chi connectivity index (χ3v) is 0.737. The van der Waals surface area contributed by atoms with Crippen molar-refractivity contribution in [3.63, 3.8) is 0 Å². The van der Waals surface area contributed by atoms with E-state index in [1.165, 1.54) is 0 Å². The highest BCUT2D eigenvalue weighted by Gasteiger charge is 2.07. The first-order valence-corrected chi connectivity index (χ1v) is 2.43. The predicted octanol–water partition coefficient (Wildman–Crippen LogP) is -0.264. The summed E-state index contributed by atoms with van der Waals surface area (Å²) in [5.74, 6) is -1.09. The van der Waals surface area contributed by atoms with Gasteiger partial charge < -0.3 is 10.2 Å². The zero-order valence-corrected chi connectivity index (χ0v) is 4.74. The Bertz CT molecular complexity index is 138. The molecule has 0 saturated heterocycles. The van der Waals surface area contributed by atoms with Gasteiger partial charge in [0.25, 0.3) is 0 Å². The molecule has 0 saturated carbocycles. The van der Waals surface area contributed by atoms with E-state index in [0.717, 1.165) is 0 Å². The van der Waals surface area contributed by atoms with Crippen molar-refractivity contribution < 1.29 is 15.0 Å². The number of aliphatic carboxylic acids is 1. The molecule has 0 unspecified atom stereocenters. The highest BCUT2D eigenvalue weighted by molar-refractivity contribution is 5.67. The minimum Gasteiger partial charge on any atom is -0.481 e. The molecule has 0 aliphatic rings. The largest absolute Gasteiger partial charge is 0.481 e. The Balaban J connectivity index is 3.40. The van der Waals surface area contributed by atoms with Gasteiger partial charge in [-0.3, -0.25) is 4.79 Å². The van der Waals surface area contributed by atoms with Crippen molar-refractivity contribution in [1.82, 2.24) is 0 Å². The fourth-order valence-electron chi connectivity index (χ4n) is 0.379. The van der Waals surface area contributed by atoms with Crippen LogP contribution in [0.25, 0.3) is 0 Å². The van der Waals surface area contributed by atoms with Gasteiger partial charge in [-0.2, -0.15) is 5.26 Å². The molecule has 0 bridgehead atoms. The average Bonchev–Trinajstić information content (AvgIpc) is 1.63. The molecule has 1 atom stereocenters. The molecule has 0 aromatic carbocycles. The van der Waals surface area contributed by atoms with E-state index in [1.807, 2.05) is 0 Å². The highest BCUT2D eigenvalue weighted by atomic mass is 16.4. The smallest absolute Gasteiger partial charge is 0.306 e. The summed E-state index contributed by atoms with van der Waals surface area (Å²) in [6, 6.07) is 1.66. The molecule has 0 radical (unpaired) electrons. The molecule has 0 aliphatic heterocycles. The van der Waals surface area contributed by atoms with Crippen molar-refractivity contribution >= 4 is 5.97 Å². The van der Waals surface area contributed by atoms with Crippen molar-refractivity contribution in [2.45, 2.75) is 18.9 Å². The summed E-state index contributed by atoms with van der Waals surface area (Å²) in [6.45, 7) is 0. The second-order valence-electron chi connectivity index (χ2n) is 1.61. The van der Waals surface area contributed by atoms with E-state index in [1.54, 1.807) is 6.07 Å². The maximum Gasteiger partial charge on any atom is 0.306 e. The maximum absolute atomic E-state index is 9.82. The first-order valence-electron chi connectivity index (χ1n) is 2.43. The number of nitriles is 1. The lowest BCUT2D eigenvalue weighted by Crippen LogP contribution is -2.11.